The third-order valence-electron chi connectivity index (χ3n) is 8.45. The van der Waals surface area contributed by atoms with Crippen LogP contribution in [0.4, 0.5) is 20.5 Å². The second-order valence-electron chi connectivity index (χ2n) is 12.0. The number of hydrogen-bond acceptors (Lipinski definition) is 7. The first kappa shape index (κ1) is 28.1. The molecule has 0 atom stereocenters. The maximum Gasteiger partial charge on any atom is 0.242 e. The molecule has 0 saturated carbocycles. The van der Waals surface area contributed by atoms with Crippen molar-refractivity contribution in [2.75, 3.05) is 25.0 Å². The number of nitrogens with one attached hydrogen (secondary N) is 1. The van der Waals surface area contributed by atoms with Gasteiger partial charge < -0.3 is 14.8 Å². The quantitative estimate of drug-likeness (QED) is 0.322. The van der Waals surface area contributed by atoms with Gasteiger partial charge in [0.2, 0.25) is 11.9 Å². The van der Waals surface area contributed by atoms with E-state index in [-0.39, 0.29) is 29.1 Å². The smallest absolute Gasteiger partial charge is 0.242 e. The average Bonchev–Trinajstić information content (AvgIpc) is 3.62. The number of nitrogens with zero attached hydrogens (tertiary/aromatic N) is 7. The number of likely N-dealkylation sites (tertiary alicyclic amines) is 1. The minimum absolute atomic E-state index is 0.0183. The second-order valence-corrected chi connectivity index (χ2v) is 12.0. The largest absolute Gasteiger partial charge is 0.336 e. The first-order valence-corrected chi connectivity index (χ1v) is 14.5. The number of fused-ring (bicyclic) bond motifs is 2. The van der Waals surface area contributed by atoms with Crippen LogP contribution < -0.4 is 5.32 Å². The van der Waals surface area contributed by atoms with Crippen LogP contribution >= 0.6 is 0 Å². The average molecular weight is 575 g/mol. The lowest BCUT2D eigenvalue weighted by molar-refractivity contribution is -0.143. The predicted octanol–water partition coefficient (Wildman–Crippen LogP) is 5.56. The number of pyridine rings is 1. The lowest BCUT2D eigenvalue weighted by Crippen LogP contribution is -2.56. The molecule has 1 saturated heterocycles. The van der Waals surface area contributed by atoms with Gasteiger partial charge in [0.1, 0.15) is 22.9 Å². The van der Waals surface area contributed by atoms with Gasteiger partial charge in [-0.25, -0.2) is 28.7 Å². The summed E-state index contributed by atoms with van der Waals surface area (Å²) in [6, 6.07) is 6.78. The molecule has 0 unspecified atom stereocenters. The molecular weight excluding hydrogens is 538 g/mol. The van der Waals surface area contributed by atoms with Crippen LogP contribution in [0.25, 0.3) is 22.3 Å². The molecule has 1 N–H and O–H groups in total. The zero-order valence-electron chi connectivity index (χ0n) is 24.7. The highest BCUT2D eigenvalue weighted by molar-refractivity contribution is 5.86. The fraction of sp³-hybridized carbons (Fsp3) is 0.452. The summed E-state index contributed by atoms with van der Waals surface area (Å²) in [5.41, 5.74) is 2.48. The van der Waals surface area contributed by atoms with Crippen molar-refractivity contribution in [3.63, 3.8) is 0 Å². The Bertz CT molecular complexity index is 1680. The molecule has 6 rings (SSSR count). The highest BCUT2D eigenvalue weighted by Gasteiger charge is 2.39. The van der Waals surface area contributed by atoms with Crippen molar-refractivity contribution < 1.29 is 13.6 Å². The van der Waals surface area contributed by atoms with Crippen LogP contribution in [-0.4, -0.2) is 65.4 Å². The standard InChI is InChI=1S/C31H36F2N8O/c1-18(2)41-19(3)35-28-22(32)14-21(15-25(28)41)27-23(33)16-34-30(38-27)37-26-9-8-20-17-39(13-10-24(20)36-26)29(42)31(4,5)40-11-6-7-12-40/h8-9,14-16,18H,6-7,10-13,17H2,1-5H3,(H,34,36,37,38). The minimum Gasteiger partial charge on any atom is -0.336 e. The number of rotatable bonds is 6. The van der Waals surface area contributed by atoms with Gasteiger partial charge in [-0.15, -0.1) is 0 Å². The minimum atomic E-state index is -0.661. The fourth-order valence-corrected chi connectivity index (χ4v) is 6.26. The van der Waals surface area contributed by atoms with Crippen LogP contribution in [0.2, 0.25) is 0 Å². The van der Waals surface area contributed by atoms with Gasteiger partial charge in [0.25, 0.3) is 0 Å². The number of aromatic nitrogens is 5. The topological polar surface area (TPSA) is 92.1 Å². The highest BCUT2D eigenvalue weighted by atomic mass is 19.1. The number of benzene rings is 1. The summed E-state index contributed by atoms with van der Waals surface area (Å²) in [6.07, 6.45) is 3.97. The molecule has 2 aliphatic heterocycles. The van der Waals surface area contributed by atoms with E-state index < -0.39 is 17.2 Å². The van der Waals surface area contributed by atoms with Gasteiger partial charge in [0, 0.05) is 36.8 Å². The summed E-state index contributed by atoms with van der Waals surface area (Å²) in [6.45, 7) is 12.9. The second kappa shape index (κ2) is 10.7. The Morgan fingerprint density at radius 2 is 1.79 bits per heavy atom. The van der Waals surface area contributed by atoms with Crippen molar-refractivity contribution in [2.24, 2.45) is 0 Å². The van der Waals surface area contributed by atoms with Crippen molar-refractivity contribution in [3.8, 4) is 11.3 Å². The number of amides is 1. The Kier molecular flexibility index (Phi) is 7.16. The van der Waals surface area contributed by atoms with Gasteiger partial charge in [-0.05, 0) is 84.3 Å². The van der Waals surface area contributed by atoms with E-state index in [0.29, 0.717) is 42.2 Å². The zero-order valence-corrected chi connectivity index (χ0v) is 24.7. The molecular formula is C31H36F2N8O. The van der Waals surface area contributed by atoms with E-state index in [2.05, 4.69) is 25.2 Å². The van der Waals surface area contributed by atoms with Crippen LogP contribution in [-0.2, 0) is 17.8 Å². The molecule has 0 spiro atoms. The van der Waals surface area contributed by atoms with E-state index in [4.69, 9.17) is 4.98 Å². The molecule has 0 bridgehead atoms. The van der Waals surface area contributed by atoms with Gasteiger partial charge in [-0.3, -0.25) is 9.69 Å². The number of carbonyl (C=O) groups is 1. The van der Waals surface area contributed by atoms with Crippen LogP contribution in [0.1, 0.15) is 63.7 Å². The van der Waals surface area contributed by atoms with Crippen molar-refractivity contribution in [1.29, 1.82) is 0 Å². The lowest BCUT2D eigenvalue weighted by Gasteiger charge is -2.40. The van der Waals surface area contributed by atoms with E-state index in [1.807, 2.05) is 50.2 Å². The normalized spacial score (nSPS) is 16.0. The number of anilines is 2. The monoisotopic (exact) mass is 574 g/mol. The molecule has 11 heteroatoms. The molecule has 1 aromatic carbocycles. The van der Waals surface area contributed by atoms with Crippen LogP contribution in [0.5, 0.6) is 0 Å². The van der Waals surface area contributed by atoms with Gasteiger partial charge in [-0.2, -0.15) is 0 Å². The molecule has 0 radical (unpaired) electrons. The molecule has 42 heavy (non-hydrogen) atoms. The molecule has 5 heterocycles. The summed E-state index contributed by atoms with van der Waals surface area (Å²) >= 11 is 0. The van der Waals surface area contributed by atoms with Gasteiger partial charge in [0.15, 0.2) is 11.6 Å². The van der Waals surface area contributed by atoms with Crippen molar-refractivity contribution >= 4 is 28.7 Å². The summed E-state index contributed by atoms with van der Waals surface area (Å²) < 4.78 is 31.9. The maximum absolute atomic E-state index is 15.1. The third-order valence-corrected chi connectivity index (χ3v) is 8.45. The van der Waals surface area contributed by atoms with E-state index >= 15 is 4.39 Å². The summed E-state index contributed by atoms with van der Waals surface area (Å²) in [5.74, 6) is 0.289. The summed E-state index contributed by atoms with van der Waals surface area (Å²) in [5, 5.41) is 3.07. The SMILES string of the molecule is Cc1nc2c(F)cc(-c3nc(Nc4ccc5c(n4)CCN(C(=O)C(C)(C)N4CCCC4)C5)ncc3F)cc2n1C(C)C. The number of aryl methyl sites for hydroxylation is 1. The number of carbonyl (C=O) groups excluding carboxylic acids is 1. The van der Waals surface area contributed by atoms with Crippen LogP contribution in [0, 0.1) is 18.6 Å². The number of halogens is 2. The molecule has 4 aromatic rings. The lowest BCUT2D eigenvalue weighted by atomic mass is 9.98. The molecule has 220 valence electrons. The number of hydrogen-bond donors (Lipinski definition) is 1. The first-order valence-electron chi connectivity index (χ1n) is 14.5. The Balaban J connectivity index is 1.23. The maximum atomic E-state index is 15.1. The highest BCUT2D eigenvalue weighted by Crippen LogP contribution is 2.31. The van der Waals surface area contributed by atoms with E-state index in [1.54, 1.807) is 12.1 Å². The molecule has 3 aromatic heterocycles. The van der Waals surface area contributed by atoms with Crippen LogP contribution in [0.3, 0.4) is 0 Å². The first-order chi connectivity index (χ1) is 20.0. The van der Waals surface area contributed by atoms with E-state index in [9.17, 15) is 9.18 Å². The van der Waals surface area contributed by atoms with Crippen molar-refractivity contribution in [1.82, 2.24) is 34.3 Å². The van der Waals surface area contributed by atoms with Gasteiger partial charge in [-0.1, -0.05) is 6.07 Å². The van der Waals surface area contributed by atoms with Crippen LogP contribution in [0.15, 0.2) is 30.5 Å². The predicted molar refractivity (Wildman–Crippen MR) is 157 cm³/mol. The summed E-state index contributed by atoms with van der Waals surface area (Å²) in [4.78, 5) is 35.2. The number of imidazole rings is 1. The van der Waals surface area contributed by atoms with Crippen molar-refractivity contribution in [3.05, 3.63) is 59.2 Å². The third kappa shape index (κ3) is 4.99. The Morgan fingerprint density at radius 1 is 1.02 bits per heavy atom. The Morgan fingerprint density at radius 3 is 2.52 bits per heavy atom. The molecule has 1 fully saturated rings. The van der Waals surface area contributed by atoms with E-state index in [0.717, 1.165) is 43.4 Å². The molecule has 2 aliphatic rings. The molecule has 0 aliphatic carbocycles. The molecule has 1 amide bonds. The Hall–Kier alpha value is -3.99. The molecule has 9 nitrogen and oxygen atoms in total. The zero-order chi connectivity index (χ0) is 29.8. The summed E-state index contributed by atoms with van der Waals surface area (Å²) in [7, 11) is 0. The Labute approximate surface area is 244 Å². The van der Waals surface area contributed by atoms with Crippen molar-refractivity contribution in [2.45, 2.75) is 72.0 Å². The van der Waals surface area contributed by atoms with E-state index in [1.165, 1.54) is 6.07 Å². The van der Waals surface area contributed by atoms with Gasteiger partial charge >= 0.3 is 0 Å². The fourth-order valence-electron chi connectivity index (χ4n) is 6.26. The van der Waals surface area contributed by atoms with Gasteiger partial charge in [0.05, 0.1) is 17.3 Å².